The smallest absolute Gasteiger partial charge is 0.149 e. The summed E-state index contributed by atoms with van der Waals surface area (Å²) >= 11 is 6.40. The minimum Gasteiger partial charge on any atom is -0.399 e. The summed E-state index contributed by atoms with van der Waals surface area (Å²) in [6.07, 6.45) is 1.31. The molecular formula is C17H12ClF2N3O. The second-order valence-corrected chi connectivity index (χ2v) is 5.22. The highest BCUT2D eigenvalue weighted by molar-refractivity contribution is 6.35. The van der Waals surface area contributed by atoms with Crippen molar-refractivity contribution in [1.82, 2.24) is 9.78 Å². The van der Waals surface area contributed by atoms with Crippen LogP contribution in [0.15, 0.2) is 53.7 Å². The molecule has 0 atom stereocenters. The largest absolute Gasteiger partial charge is 0.399 e. The number of nitrogens with zero attached hydrogens (tertiary/aromatic N) is 3. The summed E-state index contributed by atoms with van der Waals surface area (Å²) in [7, 11) is 1.38. The van der Waals surface area contributed by atoms with E-state index in [9.17, 15) is 8.78 Å². The Bertz CT molecular complexity index is 894. The Morgan fingerprint density at radius 2 is 1.92 bits per heavy atom. The summed E-state index contributed by atoms with van der Waals surface area (Å²) in [5.74, 6) is -1.20. The predicted octanol–water partition coefficient (Wildman–Crippen LogP) is 4.45. The lowest BCUT2D eigenvalue weighted by Gasteiger charge is -2.09. The number of hydrogen-bond donors (Lipinski definition) is 0. The minimum atomic E-state index is -0.622. The van der Waals surface area contributed by atoms with Crippen molar-refractivity contribution in [3.63, 3.8) is 0 Å². The van der Waals surface area contributed by atoms with Crippen LogP contribution in [0.5, 0.6) is 0 Å². The molecule has 0 amide bonds. The molecule has 0 spiro atoms. The third-order valence-electron chi connectivity index (χ3n) is 3.32. The molecule has 0 aliphatic carbocycles. The molecule has 3 rings (SSSR count). The molecule has 0 unspecified atom stereocenters. The van der Waals surface area contributed by atoms with Gasteiger partial charge in [0, 0.05) is 11.6 Å². The molecule has 7 heteroatoms. The fraction of sp³-hybridized carbons (Fsp3) is 0.0588. The first kappa shape index (κ1) is 16.1. The number of aromatic nitrogens is 2. The van der Waals surface area contributed by atoms with Crippen molar-refractivity contribution in [1.29, 1.82) is 0 Å². The first-order valence-corrected chi connectivity index (χ1v) is 7.35. The maximum absolute atomic E-state index is 14.2. The van der Waals surface area contributed by atoms with Gasteiger partial charge in [0.15, 0.2) is 0 Å². The topological polar surface area (TPSA) is 39.4 Å². The molecule has 0 bridgehead atoms. The van der Waals surface area contributed by atoms with E-state index in [1.54, 1.807) is 12.1 Å². The molecule has 24 heavy (non-hydrogen) atoms. The van der Waals surface area contributed by atoms with Crippen molar-refractivity contribution in [3.05, 3.63) is 70.9 Å². The summed E-state index contributed by atoms with van der Waals surface area (Å²) in [6.45, 7) is 0. The first-order chi connectivity index (χ1) is 11.6. The van der Waals surface area contributed by atoms with Crippen LogP contribution in [0.4, 0.5) is 8.78 Å². The van der Waals surface area contributed by atoms with Gasteiger partial charge in [-0.15, -0.1) is 0 Å². The van der Waals surface area contributed by atoms with Gasteiger partial charge in [-0.2, -0.15) is 5.10 Å². The lowest BCUT2D eigenvalue weighted by molar-refractivity contribution is 0.215. The van der Waals surface area contributed by atoms with Gasteiger partial charge in [0.1, 0.15) is 30.1 Å². The minimum absolute atomic E-state index is 0.0483. The summed E-state index contributed by atoms with van der Waals surface area (Å²) in [5, 5.41) is 8.13. The van der Waals surface area contributed by atoms with Crippen molar-refractivity contribution >= 4 is 17.8 Å². The maximum atomic E-state index is 14.2. The zero-order chi connectivity index (χ0) is 17.1. The molecule has 0 N–H and O–H groups in total. The normalized spacial score (nSPS) is 11.2. The van der Waals surface area contributed by atoms with Gasteiger partial charge in [0.05, 0.1) is 16.9 Å². The molecular weight excluding hydrogens is 336 g/mol. The number of rotatable bonds is 4. The first-order valence-electron chi connectivity index (χ1n) is 6.97. The Morgan fingerprint density at radius 1 is 1.17 bits per heavy atom. The van der Waals surface area contributed by atoms with E-state index in [1.165, 1.54) is 18.0 Å². The molecule has 0 fully saturated rings. The third kappa shape index (κ3) is 3.00. The van der Waals surface area contributed by atoms with Gasteiger partial charge in [-0.1, -0.05) is 47.1 Å². The van der Waals surface area contributed by atoms with Crippen molar-refractivity contribution in [2.24, 2.45) is 5.16 Å². The Labute approximate surface area is 141 Å². The van der Waals surface area contributed by atoms with Gasteiger partial charge in [-0.05, 0) is 12.1 Å². The predicted molar refractivity (Wildman–Crippen MR) is 88.5 cm³/mol. The number of hydrogen-bond acceptors (Lipinski definition) is 3. The van der Waals surface area contributed by atoms with Gasteiger partial charge < -0.3 is 4.84 Å². The van der Waals surface area contributed by atoms with Crippen molar-refractivity contribution in [3.8, 4) is 16.9 Å². The van der Waals surface area contributed by atoms with Crippen LogP contribution in [0.25, 0.3) is 16.9 Å². The molecule has 0 radical (unpaired) electrons. The quantitative estimate of drug-likeness (QED) is 0.516. The number of benzene rings is 2. The number of oxime groups is 1. The van der Waals surface area contributed by atoms with Gasteiger partial charge in [0.25, 0.3) is 0 Å². The zero-order valence-electron chi connectivity index (χ0n) is 12.6. The van der Waals surface area contributed by atoms with E-state index in [1.807, 2.05) is 18.2 Å². The molecule has 0 aliphatic heterocycles. The highest BCUT2D eigenvalue weighted by Gasteiger charge is 2.20. The van der Waals surface area contributed by atoms with Crippen LogP contribution in [0, 0.1) is 11.6 Å². The van der Waals surface area contributed by atoms with Crippen LogP contribution in [-0.2, 0) is 4.84 Å². The lowest BCUT2D eigenvalue weighted by Crippen LogP contribution is -2.03. The Balaban J connectivity index is 2.28. The molecule has 0 aliphatic rings. The molecule has 4 nitrogen and oxygen atoms in total. The summed E-state index contributed by atoms with van der Waals surface area (Å²) < 4.78 is 29.1. The molecule has 1 heterocycles. The van der Waals surface area contributed by atoms with Crippen LogP contribution in [0.2, 0.25) is 5.02 Å². The van der Waals surface area contributed by atoms with Gasteiger partial charge in [0.2, 0.25) is 0 Å². The Morgan fingerprint density at radius 3 is 2.62 bits per heavy atom. The van der Waals surface area contributed by atoms with Gasteiger partial charge in [-0.25, -0.2) is 13.5 Å². The highest BCUT2D eigenvalue weighted by atomic mass is 35.5. The van der Waals surface area contributed by atoms with Crippen molar-refractivity contribution < 1.29 is 13.6 Å². The average molecular weight is 348 g/mol. The summed E-state index contributed by atoms with van der Waals surface area (Å²) in [4.78, 5) is 4.63. The lowest BCUT2D eigenvalue weighted by atomic mass is 10.1. The van der Waals surface area contributed by atoms with Crippen LogP contribution in [0.3, 0.4) is 0 Å². The van der Waals surface area contributed by atoms with E-state index in [0.29, 0.717) is 11.3 Å². The fourth-order valence-corrected chi connectivity index (χ4v) is 2.54. The molecule has 2 aromatic carbocycles. The van der Waals surface area contributed by atoms with Crippen LogP contribution in [0.1, 0.15) is 5.69 Å². The second-order valence-electron chi connectivity index (χ2n) is 4.84. The van der Waals surface area contributed by atoms with E-state index in [4.69, 9.17) is 11.6 Å². The molecule has 1 aromatic heterocycles. The van der Waals surface area contributed by atoms with Crippen LogP contribution in [-0.4, -0.2) is 23.1 Å². The van der Waals surface area contributed by atoms with E-state index in [2.05, 4.69) is 15.1 Å². The standard InChI is InChI=1S/C17H12ClF2N3O/c1-24-21-10-14-16(18)17(11-5-3-2-4-6-11)23(22-14)15-9-12(19)7-8-13(15)20/h2-10H,1H3. The van der Waals surface area contributed by atoms with Gasteiger partial charge in [-0.3, -0.25) is 0 Å². The maximum Gasteiger partial charge on any atom is 0.149 e. The molecule has 122 valence electrons. The van der Waals surface area contributed by atoms with E-state index in [-0.39, 0.29) is 16.4 Å². The molecule has 0 saturated carbocycles. The number of halogens is 3. The zero-order valence-corrected chi connectivity index (χ0v) is 13.3. The van der Waals surface area contributed by atoms with Crippen molar-refractivity contribution in [2.45, 2.75) is 0 Å². The molecule has 3 aromatic rings. The summed E-state index contributed by atoms with van der Waals surface area (Å²) in [5.41, 5.74) is 1.36. The monoisotopic (exact) mass is 347 g/mol. The van der Waals surface area contributed by atoms with Crippen LogP contribution >= 0.6 is 11.6 Å². The fourth-order valence-electron chi connectivity index (χ4n) is 2.27. The van der Waals surface area contributed by atoms with E-state index >= 15 is 0 Å². The molecule has 0 saturated heterocycles. The highest BCUT2D eigenvalue weighted by Crippen LogP contribution is 2.33. The Hall–Kier alpha value is -2.73. The van der Waals surface area contributed by atoms with Crippen molar-refractivity contribution in [2.75, 3.05) is 7.11 Å². The Kier molecular flexibility index (Phi) is 4.57. The third-order valence-corrected chi connectivity index (χ3v) is 3.69. The second kappa shape index (κ2) is 6.80. The van der Waals surface area contributed by atoms with Gasteiger partial charge >= 0.3 is 0 Å². The summed E-state index contributed by atoms with van der Waals surface area (Å²) in [6, 6.07) is 12.2. The van der Waals surface area contributed by atoms with E-state index < -0.39 is 11.6 Å². The van der Waals surface area contributed by atoms with Crippen LogP contribution < -0.4 is 0 Å². The SMILES string of the molecule is CON=Cc1nn(-c2cc(F)ccc2F)c(-c2ccccc2)c1Cl. The average Bonchev–Trinajstić information content (AvgIpc) is 2.92. The van der Waals surface area contributed by atoms with E-state index in [0.717, 1.165) is 18.2 Å².